The molecule has 0 aromatic heterocycles. The molecular formula is C24H28N2O5. The van der Waals surface area contributed by atoms with E-state index in [1.165, 1.54) is 4.90 Å². The predicted octanol–water partition coefficient (Wildman–Crippen LogP) is 2.70. The van der Waals surface area contributed by atoms with E-state index in [0.29, 0.717) is 38.0 Å². The van der Waals surface area contributed by atoms with Gasteiger partial charge in [0.25, 0.3) is 5.91 Å². The lowest BCUT2D eigenvalue weighted by atomic mass is 10.0. The fourth-order valence-corrected chi connectivity index (χ4v) is 3.70. The zero-order valence-electron chi connectivity index (χ0n) is 17.9. The Bertz CT molecular complexity index is 928. The third kappa shape index (κ3) is 5.94. The quantitative estimate of drug-likeness (QED) is 0.300. The van der Waals surface area contributed by atoms with Crippen LogP contribution in [0.15, 0.2) is 18.2 Å². The summed E-state index contributed by atoms with van der Waals surface area (Å²) in [6.45, 7) is 2.90. The molecule has 3 amide bonds. The zero-order chi connectivity index (χ0) is 22.2. The van der Waals surface area contributed by atoms with Crippen molar-refractivity contribution in [2.75, 3.05) is 6.61 Å². The van der Waals surface area contributed by atoms with Crippen LogP contribution in [0.5, 0.6) is 0 Å². The fraction of sp³-hybridized carbons (Fsp3) is 0.500. The number of carbonyl (C=O) groups excluding carboxylic acids is 4. The maximum absolute atomic E-state index is 12.7. The lowest BCUT2D eigenvalue weighted by Gasteiger charge is -2.29. The maximum Gasteiger partial charge on any atom is 0.305 e. The Labute approximate surface area is 182 Å². The second-order valence-electron chi connectivity index (χ2n) is 7.85. The Morgan fingerprint density at radius 1 is 1.23 bits per heavy atom. The minimum absolute atomic E-state index is 0.148. The van der Waals surface area contributed by atoms with Gasteiger partial charge in [0.05, 0.1) is 6.61 Å². The summed E-state index contributed by atoms with van der Waals surface area (Å²) in [5.74, 6) is 5.18. The van der Waals surface area contributed by atoms with Gasteiger partial charge in [-0.2, -0.15) is 0 Å². The van der Waals surface area contributed by atoms with Crippen LogP contribution < -0.4 is 5.32 Å². The minimum atomic E-state index is -0.610. The van der Waals surface area contributed by atoms with Gasteiger partial charge in [-0.25, -0.2) is 0 Å². The predicted molar refractivity (Wildman–Crippen MR) is 114 cm³/mol. The van der Waals surface area contributed by atoms with Gasteiger partial charge in [-0.3, -0.25) is 24.5 Å². The first-order valence-electron chi connectivity index (χ1n) is 10.9. The van der Waals surface area contributed by atoms with Gasteiger partial charge in [0.2, 0.25) is 11.8 Å². The molecule has 0 spiro atoms. The molecule has 2 heterocycles. The Balaban J connectivity index is 1.48. The van der Waals surface area contributed by atoms with E-state index in [9.17, 15) is 19.2 Å². The van der Waals surface area contributed by atoms with Gasteiger partial charge < -0.3 is 9.64 Å². The fourth-order valence-electron chi connectivity index (χ4n) is 3.70. The van der Waals surface area contributed by atoms with E-state index >= 15 is 0 Å². The number of piperidine rings is 1. The average molecular weight is 424 g/mol. The van der Waals surface area contributed by atoms with E-state index in [-0.39, 0.29) is 24.2 Å². The molecule has 2 aliphatic heterocycles. The van der Waals surface area contributed by atoms with Crippen LogP contribution in [-0.2, 0) is 25.7 Å². The molecule has 7 nitrogen and oxygen atoms in total. The molecule has 3 rings (SSSR count). The van der Waals surface area contributed by atoms with E-state index in [4.69, 9.17) is 4.74 Å². The smallest absolute Gasteiger partial charge is 0.305 e. The molecule has 2 aliphatic rings. The number of nitrogens with zero attached hydrogens (tertiary/aromatic N) is 1. The van der Waals surface area contributed by atoms with Crippen molar-refractivity contribution >= 4 is 23.7 Å². The summed E-state index contributed by atoms with van der Waals surface area (Å²) in [6.07, 6.45) is 5.17. The number of amides is 3. The van der Waals surface area contributed by atoms with E-state index in [2.05, 4.69) is 24.1 Å². The minimum Gasteiger partial charge on any atom is -0.466 e. The molecule has 0 saturated carbocycles. The van der Waals surface area contributed by atoms with Crippen molar-refractivity contribution in [2.24, 2.45) is 0 Å². The molecule has 1 aromatic rings. The second-order valence-corrected chi connectivity index (χ2v) is 7.85. The van der Waals surface area contributed by atoms with Gasteiger partial charge in [-0.05, 0) is 49.4 Å². The third-order valence-corrected chi connectivity index (χ3v) is 5.45. The van der Waals surface area contributed by atoms with Gasteiger partial charge in [-0.1, -0.05) is 25.2 Å². The molecule has 1 N–H and O–H groups in total. The second kappa shape index (κ2) is 10.8. The van der Waals surface area contributed by atoms with Crippen LogP contribution in [0.1, 0.15) is 79.8 Å². The molecule has 0 aliphatic carbocycles. The van der Waals surface area contributed by atoms with Crippen molar-refractivity contribution in [3.05, 3.63) is 34.9 Å². The lowest BCUT2D eigenvalue weighted by molar-refractivity contribution is -0.144. The first-order valence-corrected chi connectivity index (χ1v) is 10.9. The van der Waals surface area contributed by atoms with Crippen molar-refractivity contribution in [3.8, 4) is 11.8 Å². The number of benzene rings is 1. The Hall–Kier alpha value is -3.14. The van der Waals surface area contributed by atoms with Gasteiger partial charge in [0.1, 0.15) is 6.04 Å². The number of unbranched alkanes of at least 4 members (excludes halogenated alkanes) is 3. The van der Waals surface area contributed by atoms with Crippen LogP contribution in [0.2, 0.25) is 0 Å². The monoisotopic (exact) mass is 424 g/mol. The summed E-state index contributed by atoms with van der Waals surface area (Å²) >= 11 is 0. The van der Waals surface area contributed by atoms with E-state index in [1.54, 1.807) is 6.07 Å². The molecule has 1 unspecified atom stereocenters. The van der Waals surface area contributed by atoms with Crippen molar-refractivity contribution in [1.82, 2.24) is 10.2 Å². The standard InChI is InChI=1S/C24H28N2O5/c1-2-3-14-31-22(28)9-7-5-4-6-8-17-10-11-19-18(15-17)16-26(24(19)30)20-12-13-21(27)25-23(20)29/h10-11,15,20H,2-5,7,9,12-14,16H2,1H3,(H,25,27,29). The number of esters is 1. The van der Waals surface area contributed by atoms with Crippen LogP contribution in [0.4, 0.5) is 0 Å². The van der Waals surface area contributed by atoms with E-state index < -0.39 is 11.9 Å². The largest absolute Gasteiger partial charge is 0.466 e. The number of hydrogen-bond acceptors (Lipinski definition) is 5. The number of fused-ring (bicyclic) bond motifs is 1. The number of ether oxygens (including phenoxy) is 1. The molecule has 164 valence electrons. The highest BCUT2D eigenvalue weighted by molar-refractivity contribution is 6.05. The highest BCUT2D eigenvalue weighted by atomic mass is 16.5. The van der Waals surface area contributed by atoms with Crippen molar-refractivity contribution in [1.29, 1.82) is 0 Å². The van der Waals surface area contributed by atoms with E-state index in [1.807, 2.05) is 12.1 Å². The molecule has 0 bridgehead atoms. The number of nitrogens with one attached hydrogen (secondary N) is 1. The van der Waals surface area contributed by atoms with Crippen LogP contribution >= 0.6 is 0 Å². The molecule has 1 saturated heterocycles. The normalized spacial score (nSPS) is 17.6. The highest BCUT2D eigenvalue weighted by Crippen LogP contribution is 2.28. The number of rotatable bonds is 8. The van der Waals surface area contributed by atoms with Crippen molar-refractivity contribution in [3.63, 3.8) is 0 Å². The topological polar surface area (TPSA) is 92.8 Å². The molecular weight excluding hydrogens is 396 g/mol. The SMILES string of the molecule is CCCCOC(=O)CCCCC#Cc1ccc2c(c1)CN(C1CCC(=O)NC1=O)C2=O. The summed E-state index contributed by atoms with van der Waals surface area (Å²) in [5, 5.41) is 2.31. The Morgan fingerprint density at radius 2 is 2.06 bits per heavy atom. The van der Waals surface area contributed by atoms with Crippen LogP contribution in [-0.4, -0.2) is 41.2 Å². The number of carbonyl (C=O) groups is 4. The number of imide groups is 1. The molecule has 1 atom stereocenters. The molecule has 31 heavy (non-hydrogen) atoms. The van der Waals surface area contributed by atoms with Gasteiger partial charge in [0.15, 0.2) is 0 Å². The van der Waals surface area contributed by atoms with Gasteiger partial charge >= 0.3 is 5.97 Å². The van der Waals surface area contributed by atoms with Crippen molar-refractivity contribution < 1.29 is 23.9 Å². The highest BCUT2D eigenvalue weighted by Gasteiger charge is 2.38. The van der Waals surface area contributed by atoms with E-state index in [0.717, 1.165) is 36.8 Å². The summed E-state index contributed by atoms with van der Waals surface area (Å²) < 4.78 is 5.13. The summed E-state index contributed by atoms with van der Waals surface area (Å²) in [4.78, 5) is 49.2. The van der Waals surface area contributed by atoms with Crippen LogP contribution in [0.3, 0.4) is 0 Å². The van der Waals surface area contributed by atoms with Gasteiger partial charge in [-0.15, -0.1) is 0 Å². The average Bonchev–Trinajstić information content (AvgIpc) is 3.06. The van der Waals surface area contributed by atoms with Crippen LogP contribution in [0, 0.1) is 11.8 Å². The van der Waals surface area contributed by atoms with Crippen molar-refractivity contribution in [2.45, 2.75) is 70.9 Å². The summed E-state index contributed by atoms with van der Waals surface area (Å²) in [6, 6.07) is 4.83. The third-order valence-electron chi connectivity index (χ3n) is 5.45. The summed E-state index contributed by atoms with van der Waals surface area (Å²) in [7, 11) is 0. The maximum atomic E-state index is 12.7. The molecule has 0 radical (unpaired) electrons. The molecule has 1 fully saturated rings. The lowest BCUT2D eigenvalue weighted by Crippen LogP contribution is -2.52. The first-order chi connectivity index (χ1) is 15.0. The Morgan fingerprint density at radius 3 is 2.84 bits per heavy atom. The van der Waals surface area contributed by atoms with Crippen LogP contribution in [0.25, 0.3) is 0 Å². The Kier molecular flexibility index (Phi) is 7.82. The summed E-state index contributed by atoms with van der Waals surface area (Å²) in [5.41, 5.74) is 2.24. The number of hydrogen-bond donors (Lipinski definition) is 1. The zero-order valence-corrected chi connectivity index (χ0v) is 17.9. The molecule has 7 heteroatoms. The first kappa shape index (κ1) is 22.5. The van der Waals surface area contributed by atoms with Gasteiger partial charge in [0, 0.05) is 36.9 Å². The molecule has 1 aromatic carbocycles.